The molecule has 0 unspecified atom stereocenters. The van der Waals surface area contributed by atoms with Crippen LogP contribution in [0.15, 0.2) is 47.1 Å². The van der Waals surface area contributed by atoms with Gasteiger partial charge in [-0.1, -0.05) is 17.3 Å². The number of ether oxygens (including phenoxy) is 1. The van der Waals surface area contributed by atoms with Crippen LogP contribution in [0.25, 0.3) is 44.2 Å². The standard InChI is InChI=1S/C25H22N4O2/c1-13-6-7-20-18(5-4-8-26-20)22(13)19-9-16(23-14(2)29-31-15(23)3)10-21-24(19)28-25(27-21)17-11-30-12-17/h4-10,17H,11-12H2,1-3H3,(H,27,28). The lowest BCUT2D eigenvalue weighted by atomic mass is 9.92. The second-order valence-corrected chi connectivity index (χ2v) is 8.30. The van der Waals surface area contributed by atoms with Crippen molar-refractivity contribution in [1.29, 1.82) is 0 Å². The maximum absolute atomic E-state index is 5.47. The van der Waals surface area contributed by atoms with Crippen LogP contribution in [-0.4, -0.2) is 33.3 Å². The molecule has 0 radical (unpaired) electrons. The summed E-state index contributed by atoms with van der Waals surface area (Å²) < 4.78 is 10.9. The fourth-order valence-electron chi connectivity index (χ4n) is 4.57. The second kappa shape index (κ2) is 6.75. The molecule has 0 aliphatic carbocycles. The van der Waals surface area contributed by atoms with Crippen LogP contribution in [0.1, 0.15) is 28.8 Å². The first kappa shape index (κ1) is 18.3. The first-order chi connectivity index (χ1) is 15.1. The van der Waals surface area contributed by atoms with Gasteiger partial charge in [0, 0.05) is 22.7 Å². The topological polar surface area (TPSA) is 76.8 Å². The van der Waals surface area contributed by atoms with Gasteiger partial charge in [0.15, 0.2) is 0 Å². The summed E-state index contributed by atoms with van der Waals surface area (Å²) in [6.07, 6.45) is 1.83. The van der Waals surface area contributed by atoms with Crippen molar-refractivity contribution in [3.63, 3.8) is 0 Å². The van der Waals surface area contributed by atoms with Crippen molar-refractivity contribution in [2.24, 2.45) is 0 Å². The number of aromatic nitrogens is 4. The Hall–Kier alpha value is -3.51. The largest absolute Gasteiger partial charge is 0.380 e. The highest BCUT2D eigenvalue weighted by Crippen LogP contribution is 2.40. The minimum atomic E-state index is 0.318. The van der Waals surface area contributed by atoms with Gasteiger partial charge in [0.2, 0.25) is 0 Å². The van der Waals surface area contributed by atoms with Crippen molar-refractivity contribution in [3.8, 4) is 22.3 Å². The van der Waals surface area contributed by atoms with Crippen LogP contribution in [0, 0.1) is 20.8 Å². The van der Waals surface area contributed by atoms with E-state index in [0.29, 0.717) is 19.1 Å². The van der Waals surface area contributed by atoms with E-state index in [9.17, 15) is 0 Å². The van der Waals surface area contributed by atoms with Crippen LogP contribution in [0.4, 0.5) is 0 Å². The Bertz CT molecular complexity index is 1440. The number of imidazole rings is 1. The molecule has 1 aliphatic heterocycles. The van der Waals surface area contributed by atoms with E-state index >= 15 is 0 Å². The summed E-state index contributed by atoms with van der Waals surface area (Å²) in [5.74, 6) is 2.11. The van der Waals surface area contributed by atoms with Crippen LogP contribution >= 0.6 is 0 Å². The first-order valence-electron chi connectivity index (χ1n) is 10.5. The molecule has 2 aromatic carbocycles. The molecule has 1 saturated heterocycles. The monoisotopic (exact) mass is 410 g/mol. The number of aromatic amines is 1. The van der Waals surface area contributed by atoms with Crippen molar-refractivity contribution in [3.05, 3.63) is 65.4 Å². The van der Waals surface area contributed by atoms with Gasteiger partial charge in [-0.2, -0.15) is 0 Å². The molecule has 0 bridgehead atoms. The molecular weight excluding hydrogens is 388 g/mol. The van der Waals surface area contributed by atoms with E-state index in [4.69, 9.17) is 14.2 Å². The summed E-state index contributed by atoms with van der Waals surface area (Å²) in [6.45, 7) is 7.50. The molecule has 0 saturated carbocycles. The lowest BCUT2D eigenvalue weighted by molar-refractivity contribution is 0.00531. The summed E-state index contributed by atoms with van der Waals surface area (Å²) in [6, 6.07) is 12.7. The number of fused-ring (bicyclic) bond motifs is 2. The van der Waals surface area contributed by atoms with Gasteiger partial charge < -0.3 is 14.2 Å². The lowest BCUT2D eigenvalue weighted by Gasteiger charge is -2.23. The minimum absolute atomic E-state index is 0.318. The molecule has 1 N–H and O–H groups in total. The Labute approximate surface area is 179 Å². The molecule has 1 aliphatic rings. The van der Waals surface area contributed by atoms with Crippen LogP contribution in [0.3, 0.4) is 0 Å². The van der Waals surface area contributed by atoms with E-state index in [1.54, 1.807) is 0 Å². The predicted octanol–water partition coefficient (Wildman–Crippen LogP) is 5.47. The van der Waals surface area contributed by atoms with Gasteiger partial charge in [0.05, 0.1) is 41.4 Å². The molecule has 6 nitrogen and oxygen atoms in total. The molecular formula is C25H22N4O2. The Morgan fingerprint density at radius 3 is 2.65 bits per heavy atom. The zero-order valence-electron chi connectivity index (χ0n) is 17.7. The Balaban J connectivity index is 1.70. The van der Waals surface area contributed by atoms with E-state index in [1.807, 2.05) is 26.1 Å². The number of pyridine rings is 1. The third-order valence-corrected chi connectivity index (χ3v) is 6.21. The molecule has 1 fully saturated rings. The lowest BCUT2D eigenvalue weighted by Crippen LogP contribution is -2.26. The van der Waals surface area contributed by atoms with Crippen LogP contribution < -0.4 is 0 Å². The van der Waals surface area contributed by atoms with E-state index in [0.717, 1.165) is 61.5 Å². The average molecular weight is 410 g/mol. The Kier molecular flexibility index (Phi) is 3.98. The molecule has 6 rings (SSSR count). The zero-order valence-corrected chi connectivity index (χ0v) is 17.7. The van der Waals surface area contributed by atoms with Gasteiger partial charge in [0.1, 0.15) is 11.6 Å². The number of H-pyrrole nitrogens is 1. The van der Waals surface area contributed by atoms with Crippen LogP contribution in [-0.2, 0) is 4.74 Å². The second-order valence-electron chi connectivity index (χ2n) is 8.30. The highest BCUT2D eigenvalue weighted by atomic mass is 16.5. The first-order valence-corrected chi connectivity index (χ1v) is 10.5. The van der Waals surface area contributed by atoms with Crippen molar-refractivity contribution in [1.82, 2.24) is 20.1 Å². The molecule has 5 aromatic rings. The highest BCUT2D eigenvalue weighted by molar-refractivity contribution is 6.05. The molecule has 4 heterocycles. The van der Waals surface area contributed by atoms with E-state index in [-0.39, 0.29) is 0 Å². The Morgan fingerprint density at radius 2 is 1.90 bits per heavy atom. The van der Waals surface area contributed by atoms with Crippen molar-refractivity contribution in [2.75, 3.05) is 13.2 Å². The highest BCUT2D eigenvalue weighted by Gasteiger charge is 2.26. The third kappa shape index (κ3) is 2.79. The van der Waals surface area contributed by atoms with Gasteiger partial charge in [-0.25, -0.2) is 4.98 Å². The van der Waals surface area contributed by atoms with Crippen molar-refractivity contribution < 1.29 is 9.26 Å². The number of nitrogens with one attached hydrogen (secondary N) is 1. The minimum Gasteiger partial charge on any atom is -0.380 e. The Morgan fingerprint density at radius 1 is 1.03 bits per heavy atom. The number of benzene rings is 2. The quantitative estimate of drug-likeness (QED) is 0.427. The predicted molar refractivity (Wildman–Crippen MR) is 120 cm³/mol. The summed E-state index contributed by atoms with van der Waals surface area (Å²) >= 11 is 0. The molecule has 3 aromatic heterocycles. The van der Waals surface area contributed by atoms with E-state index in [2.05, 4.69) is 52.4 Å². The van der Waals surface area contributed by atoms with Crippen molar-refractivity contribution >= 4 is 21.9 Å². The molecule has 0 atom stereocenters. The maximum Gasteiger partial charge on any atom is 0.141 e. The summed E-state index contributed by atoms with van der Waals surface area (Å²) in [4.78, 5) is 13.2. The summed E-state index contributed by atoms with van der Waals surface area (Å²) in [5.41, 5.74) is 9.37. The number of hydrogen-bond donors (Lipinski definition) is 1. The van der Waals surface area contributed by atoms with Gasteiger partial charge in [-0.05, 0) is 61.7 Å². The van der Waals surface area contributed by atoms with Gasteiger partial charge in [0.25, 0.3) is 0 Å². The molecule has 0 spiro atoms. The number of rotatable bonds is 3. The summed E-state index contributed by atoms with van der Waals surface area (Å²) in [5, 5.41) is 5.29. The number of nitrogens with zero attached hydrogens (tertiary/aromatic N) is 3. The number of aryl methyl sites for hydroxylation is 3. The third-order valence-electron chi connectivity index (χ3n) is 6.21. The fraction of sp³-hybridized carbons (Fsp3) is 0.240. The van der Waals surface area contributed by atoms with Gasteiger partial charge in [-0.15, -0.1) is 0 Å². The SMILES string of the molecule is Cc1ccc2ncccc2c1-c1cc(-c2c(C)noc2C)cc2[nH]c(C3COC3)nc12. The number of hydrogen-bond acceptors (Lipinski definition) is 5. The molecule has 31 heavy (non-hydrogen) atoms. The normalized spacial score (nSPS) is 14.4. The fourth-order valence-corrected chi connectivity index (χ4v) is 4.57. The van der Waals surface area contributed by atoms with Gasteiger partial charge >= 0.3 is 0 Å². The zero-order chi connectivity index (χ0) is 21.1. The van der Waals surface area contributed by atoms with Gasteiger partial charge in [-0.3, -0.25) is 4.98 Å². The molecule has 0 amide bonds. The average Bonchev–Trinajstić information content (AvgIpc) is 3.28. The van der Waals surface area contributed by atoms with E-state index in [1.165, 1.54) is 5.56 Å². The molecule has 6 heteroatoms. The van der Waals surface area contributed by atoms with Crippen LogP contribution in [0.5, 0.6) is 0 Å². The van der Waals surface area contributed by atoms with Crippen LogP contribution in [0.2, 0.25) is 0 Å². The summed E-state index contributed by atoms with van der Waals surface area (Å²) in [7, 11) is 0. The maximum atomic E-state index is 5.47. The molecule has 154 valence electrons. The van der Waals surface area contributed by atoms with Crippen molar-refractivity contribution in [2.45, 2.75) is 26.7 Å². The van der Waals surface area contributed by atoms with E-state index < -0.39 is 0 Å². The smallest absolute Gasteiger partial charge is 0.141 e.